The Kier molecular flexibility index (Phi) is 6.12. The molecule has 1 heterocycles. The van der Waals surface area contributed by atoms with Crippen molar-refractivity contribution in [2.45, 2.75) is 32.7 Å². The molecule has 142 valence electrons. The molecular weight excluding hydrogens is 338 g/mol. The number of hydrogen-bond donors (Lipinski definition) is 1. The van der Waals surface area contributed by atoms with Crippen molar-refractivity contribution < 1.29 is 9.59 Å². The molecule has 0 bridgehead atoms. The minimum absolute atomic E-state index is 0.0950. The Morgan fingerprint density at radius 2 is 1.96 bits per heavy atom. The van der Waals surface area contributed by atoms with E-state index in [1.165, 1.54) is 0 Å². The van der Waals surface area contributed by atoms with Crippen molar-refractivity contribution in [1.82, 2.24) is 5.32 Å². The van der Waals surface area contributed by atoms with Gasteiger partial charge in [-0.1, -0.05) is 19.1 Å². The largest absolute Gasteiger partial charge is 0.375 e. The maximum atomic E-state index is 12.4. The van der Waals surface area contributed by atoms with Crippen molar-refractivity contribution in [3.05, 3.63) is 59.7 Å². The molecule has 0 spiro atoms. The number of carbonyl (C=O) groups is 2. The van der Waals surface area contributed by atoms with Gasteiger partial charge >= 0.3 is 0 Å². The van der Waals surface area contributed by atoms with Gasteiger partial charge in [-0.15, -0.1) is 0 Å². The Hall–Kier alpha value is -2.82. The normalized spacial score (nSPS) is 13.7. The highest BCUT2D eigenvalue weighted by atomic mass is 16.2. The second-order valence-electron chi connectivity index (χ2n) is 6.97. The van der Waals surface area contributed by atoms with Crippen LogP contribution in [-0.2, 0) is 11.3 Å². The summed E-state index contributed by atoms with van der Waals surface area (Å²) in [6, 6.07) is 15.5. The summed E-state index contributed by atoms with van der Waals surface area (Å²) in [6.45, 7) is 4.34. The standard InChI is InChI=1S/C22H27N3O2/c1-3-13-24(2)19-11-9-18(10-12-19)22(27)23-16-17-6-4-7-20(15-17)25-14-5-8-21(25)26/h4,6-7,9-12,15H,3,5,8,13-14,16H2,1-2H3,(H,23,27). The van der Waals surface area contributed by atoms with Crippen molar-refractivity contribution in [3.8, 4) is 0 Å². The fourth-order valence-electron chi connectivity index (χ4n) is 3.37. The Labute approximate surface area is 161 Å². The van der Waals surface area contributed by atoms with Crippen LogP contribution < -0.4 is 15.1 Å². The van der Waals surface area contributed by atoms with Crippen LogP contribution in [0.5, 0.6) is 0 Å². The van der Waals surface area contributed by atoms with Crippen LogP contribution in [0.4, 0.5) is 11.4 Å². The third kappa shape index (κ3) is 4.67. The second-order valence-corrected chi connectivity index (χ2v) is 6.97. The number of nitrogens with zero attached hydrogens (tertiary/aromatic N) is 2. The van der Waals surface area contributed by atoms with E-state index in [0.717, 1.165) is 42.9 Å². The average Bonchev–Trinajstić information content (AvgIpc) is 3.12. The van der Waals surface area contributed by atoms with E-state index in [2.05, 4.69) is 24.2 Å². The van der Waals surface area contributed by atoms with Gasteiger partial charge in [-0.05, 0) is 54.8 Å². The predicted octanol–water partition coefficient (Wildman–Crippen LogP) is 3.59. The highest BCUT2D eigenvalue weighted by Crippen LogP contribution is 2.22. The van der Waals surface area contributed by atoms with Gasteiger partial charge in [-0.3, -0.25) is 9.59 Å². The molecule has 0 aromatic heterocycles. The molecule has 1 fully saturated rings. The molecular formula is C22H27N3O2. The number of rotatable bonds is 7. The summed E-state index contributed by atoms with van der Waals surface area (Å²) in [6.07, 6.45) is 2.61. The minimum Gasteiger partial charge on any atom is -0.375 e. The molecule has 27 heavy (non-hydrogen) atoms. The van der Waals surface area contributed by atoms with E-state index < -0.39 is 0 Å². The summed E-state index contributed by atoms with van der Waals surface area (Å²) in [7, 11) is 2.05. The third-order valence-corrected chi connectivity index (χ3v) is 4.88. The average molecular weight is 365 g/mol. The lowest BCUT2D eigenvalue weighted by Crippen LogP contribution is -2.25. The Morgan fingerprint density at radius 1 is 1.19 bits per heavy atom. The van der Waals surface area contributed by atoms with Gasteiger partial charge in [0.25, 0.3) is 5.91 Å². The number of carbonyl (C=O) groups excluding carboxylic acids is 2. The van der Waals surface area contributed by atoms with Crippen molar-refractivity contribution in [2.24, 2.45) is 0 Å². The minimum atomic E-state index is -0.0950. The van der Waals surface area contributed by atoms with Crippen LogP contribution in [0.25, 0.3) is 0 Å². The molecule has 0 aliphatic carbocycles. The lowest BCUT2D eigenvalue weighted by Gasteiger charge is -2.18. The van der Waals surface area contributed by atoms with Crippen LogP contribution in [-0.4, -0.2) is 32.0 Å². The van der Waals surface area contributed by atoms with E-state index in [1.54, 1.807) is 0 Å². The number of amides is 2. The van der Waals surface area contributed by atoms with Gasteiger partial charge in [-0.2, -0.15) is 0 Å². The first-order valence-corrected chi connectivity index (χ1v) is 9.57. The summed E-state index contributed by atoms with van der Waals surface area (Å²) in [5.74, 6) is 0.0756. The summed E-state index contributed by atoms with van der Waals surface area (Å²) in [5.41, 5.74) is 3.65. The quantitative estimate of drug-likeness (QED) is 0.816. The highest BCUT2D eigenvalue weighted by Gasteiger charge is 2.21. The Bertz CT molecular complexity index is 801. The second kappa shape index (κ2) is 8.71. The summed E-state index contributed by atoms with van der Waals surface area (Å²) >= 11 is 0. The lowest BCUT2D eigenvalue weighted by molar-refractivity contribution is -0.117. The smallest absolute Gasteiger partial charge is 0.251 e. The van der Waals surface area contributed by atoms with E-state index >= 15 is 0 Å². The monoisotopic (exact) mass is 365 g/mol. The number of nitrogens with one attached hydrogen (secondary N) is 1. The van der Waals surface area contributed by atoms with Crippen LogP contribution in [0.2, 0.25) is 0 Å². The third-order valence-electron chi connectivity index (χ3n) is 4.88. The van der Waals surface area contributed by atoms with E-state index in [1.807, 2.05) is 53.4 Å². The number of anilines is 2. The molecule has 1 N–H and O–H groups in total. The zero-order valence-electron chi connectivity index (χ0n) is 16.1. The van der Waals surface area contributed by atoms with E-state index in [-0.39, 0.29) is 11.8 Å². The molecule has 3 rings (SSSR count). The molecule has 5 nitrogen and oxygen atoms in total. The van der Waals surface area contributed by atoms with Gasteiger partial charge in [0.15, 0.2) is 0 Å². The van der Waals surface area contributed by atoms with E-state index in [0.29, 0.717) is 18.5 Å². The molecule has 0 unspecified atom stereocenters. The van der Waals surface area contributed by atoms with Crippen molar-refractivity contribution in [1.29, 1.82) is 0 Å². The predicted molar refractivity (Wildman–Crippen MR) is 109 cm³/mol. The van der Waals surface area contributed by atoms with Crippen LogP contribution in [0, 0.1) is 0 Å². The summed E-state index contributed by atoms with van der Waals surface area (Å²) < 4.78 is 0. The maximum absolute atomic E-state index is 12.4. The Balaban J connectivity index is 1.60. The molecule has 1 aliphatic heterocycles. The molecule has 0 atom stereocenters. The van der Waals surface area contributed by atoms with Gasteiger partial charge in [0, 0.05) is 50.0 Å². The van der Waals surface area contributed by atoms with Crippen LogP contribution >= 0.6 is 0 Å². The van der Waals surface area contributed by atoms with Crippen LogP contribution in [0.3, 0.4) is 0 Å². The highest BCUT2D eigenvalue weighted by molar-refractivity contribution is 5.95. The van der Waals surface area contributed by atoms with E-state index in [9.17, 15) is 9.59 Å². The molecule has 2 amide bonds. The van der Waals surface area contributed by atoms with Crippen LogP contribution in [0.1, 0.15) is 42.1 Å². The first kappa shape index (κ1) is 19.0. The first-order valence-electron chi connectivity index (χ1n) is 9.57. The SMILES string of the molecule is CCCN(C)c1ccc(C(=O)NCc2cccc(N3CCCC3=O)c2)cc1. The van der Waals surface area contributed by atoms with Gasteiger partial charge in [0.1, 0.15) is 0 Å². The zero-order valence-corrected chi connectivity index (χ0v) is 16.1. The fourth-order valence-corrected chi connectivity index (χ4v) is 3.37. The molecule has 0 saturated carbocycles. The number of benzene rings is 2. The van der Waals surface area contributed by atoms with E-state index in [4.69, 9.17) is 0 Å². The molecule has 2 aromatic rings. The fraction of sp³-hybridized carbons (Fsp3) is 0.364. The Morgan fingerprint density at radius 3 is 2.63 bits per heavy atom. The van der Waals surface area contributed by atoms with Gasteiger partial charge in [0.05, 0.1) is 0 Å². The van der Waals surface area contributed by atoms with Crippen molar-refractivity contribution in [2.75, 3.05) is 29.9 Å². The molecule has 5 heteroatoms. The lowest BCUT2D eigenvalue weighted by atomic mass is 10.1. The first-order chi connectivity index (χ1) is 13.1. The van der Waals surface area contributed by atoms with Crippen molar-refractivity contribution in [3.63, 3.8) is 0 Å². The molecule has 1 aliphatic rings. The topological polar surface area (TPSA) is 52.7 Å². The maximum Gasteiger partial charge on any atom is 0.251 e. The molecule has 2 aromatic carbocycles. The summed E-state index contributed by atoms with van der Waals surface area (Å²) in [5, 5.41) is 2.96. The van der Waals surface area contributed by atoms with Crippen LogP contribution in [0.15, 0.2) is 48.5 Å². The number of hydrogen-bond acceptors (Lipinski definition) is 3. The van der Waals surface area contributed by atoms with Gasteiger partial charge in [0.2, 0.25) is 5.91 Å². The zero-order chi connectivity index (χ0) is 19.2. The van der Waals surface area contributed by atoms with Crippen molar-refractivity contribution >= 4 is 23.2 Å². The van der Waals surface area contributed by atoms with Gasteiger partial charge < -0.3 is 15.1 Å². The molecule has 0 radical (unpaired) electrons. The molecule has 1 saturated heterocycles. The summed E-state index contributed by atoms with van der Waals surface area (Å²) in [4.78, 5) is 28.3. The van der Waals surface area contributed by atoms with Gasteiger partial charge in [-0.25, -0.2) is 0 Å².